The summed E-state index contributed by atoms with van der Waals surface area (Å²) >= 11 is 0. The monoisotopic (exact) mass is 378 g/mol. The van der Waals surface area contributed by atoms with Gasteiger partial charge in [0.25, 0.3) is 0 Å². The maximum Gasteiger partial charge on any atom is 0.161 e. The van der Waals surface area contributed by atoms with Gasteiger partial charge in [-0.15, -0.1) is 24.8 Å². The number of hydrogen-bond donors (Lipinski definition) is 1. The summed E-state index contributed by atoms with van der Waals surface area (Å²) in [4.78, 5) is 2.44. The van der Waals surface area contributed by atoms with Gasteiger partial charge in [-0.1, -0.05) is 32.6 Å². The van der Waals surface area contributed by atoms with E-state index in [9.17, 15) is 0 Å². The van der Waals surface area contributed by atoms with E-state index in [0.29, 0.717) is 6.61 Å². The van der Waals surface area contributed by atoms with Crippen LogP contribution in [0.15, 0.2) is 30.9 Å². The molecule has 1 rings (SSSR count). The highest BCUT2D eigenvalue weighted by atomic mass is 35.5. The average Bonchev–Trinajstić information content (AvgIpc) is 2.56. The average molecular weight is 379 g/mol. The van der Waals surface area contributed by atoms with Gasteiger partial charge in [0.1, 0.15) is 6.61 Å². The maximum absolute atomic E-state index is 5.56. The minimum atomic E-state index is 0. The van der Waals surface area contributed by atoms with Crippen molar-refractivity contribution in [3.05, 3.63) is 36.4 Å². The molecule has 140 valence electrons. The summed E-state index contributed by atoms with van der Waals surface area (Å²) in [5.41, 5.74) is 1.20. The summed E-state index contributed by atoms with van der Waals surface area (Å²) in [6, 6.07) is 6.05. The van der Waals surface area contributed by atoms with Crippen molar-refractivity contribution in [3.63, 3.8) is 0 Å². The summed E-state index contributed by atoms with van der Waals surface area (Å²) in [5.74, 6) is 1.52. The normalized spacial score (nSPS) is 9.83. The molecule has 4 nitrogen and oxygen atoms in total. The Balaban J connectivity index is 0. The molecule has 0 atom stereocenters. The molecule has 0 unspecified atom stereocenters. The molecule has 0 saturated heterocycles. The van der Waals surface area contributed by atoms with E-state index in [0.717, 1.165) is 44.2 Å². The highest BCUT2D eigenvalue weighted by Crippen LogP contribution is 2.28. The SMILES string of the molecule is C=CCOc1ccc(CNCCCN(CC)CC)cc1OC.Cl.Cl. The van der Waals surface area contributed by atoms with Crippen LogP contribution in [0.5, 0.6) is 11.5 Å². The molecule has 1 N–H and O–H groups in total. The summed E-state index contributed by atoms with van der Waals surface area (Å²) in [7, 11) is 1.66. The predicted octanol–water partition coefficient (Wildman–Crippen LogP) is 3.93. The molecular weight excluding hydrogens is 347 g/mol. The molecular formula is C18H32Cl2N2O2. The zero-order valence-electron chi connectivity index (χ0n) is 15.0. The highest BCUT2D eigenvalue weighted by Gasteiger charge is 2.05. The van der Waals surface area contributed by atoms with Crippen molar-refractivity contribution in [3.8, 4) is 11.5 Å². The standard InChI is InChI=1S/C18H30N2O2.2ClH/c1-5-13-22-17-10-9-16(14-18(17)21-4)15-19-11-8-12-20(6-2)7-3;;/h5,9-10,14,19H,1,6-8,11-13,15H2,2-4H3;2*1H. The molecule has 24 heavy (non-hydrogen) atoms. The minimum absolute atomic E-state index is 0. The zero-order chi connectivity index (χ0) is 16.2. The molecule has 0 heterocycles. The van der Waals surface area contributed by atoms with Crippen molar-refractivity contribution >= 4 is 24.8 Å². The van der Waals surface area contributed by atoms with Crippen LogP contribution in [0.1, 0.15) is 25.8 Å². The molecule has 0 bridgehead atoms. The molecule has 0 aliphatic rings. The lowest BCUT2D eigenvalue weighted by atomic mass is 10.2. The van der Waals surface area contributed by atoms with Crippen LogP contribution in [0.3, 0.4) is 0 Å². The number of ether oxygens (including phenoxy) is 2. The number of methoxy groups -OCH3 is 1. The van der Waals surface area contributed by atoms with Gasteiger partial charge in [0.2, 0.25) is 0 Å². The quantitative estimate of drug-likeness (QED) is 0.441. The van der Waals surface area contributed by atoms with Gasteiger partial charge in [0, 0.05) is 6.54 Å². The van der Waals surface area contributed by atoms with Gasteiger partial charge in [-0.2, -0.15) is 0 Å². The Hall–Kier alpha value is -0.940. The first-order chi connectivity index (χ1) is 10.7. The fourth-order valence-corrected chi connectivity index (χ4v) is 2.29. The second-order valence-corrected chi connectivity index (χ2v) is 5.14. The zero-order valence-corrected chi connectivity index (χ0v) is 16.7. The van der Waals surface area contributed by atoms with E-state index in [1.165, 1.54) is 12.0 Å². The largest absolute Gasteiger partial charge is 0.493 e. The third-order valence-corrected chi connectivity index (χ3v) is 3.64. The first-order valence-corrected chi connectivity index (χ1v) is 8.08. The molecule has 1 aromatic rings. The van der Waals surface area contributed by atoms with Crippen molar-refractivity contribution in [2.24, 2.45) is 0 Å². The second kappa shape index (κ2) is 15.6. The van der Waals surface area contributed by atoms with Crippen LogP contribution in [0, 0.1) is 0 Å². The Labute approximate surface area is 159 Å². The lowest BCUT2D eigenvalue weighted by molar-refractivity contribution is 0.298. The Morgan fingerprint density at radius 2 is 1.88 bits per heavy atom. The fourth-order valence-electron chi connectivity index (χ4n) is 2.29. The summed E-state index contributed by atoms with van der Waals surface area (Å²) in [5, 5.41) is 3.48. The number of hydrogen-bond acceptors (Lipinski definition) is 4. The molecule has 0 radical (unpaired) electrons. The van der Waals surface area contributed by atoms with E-state index in [4.69, 9.17) is 9.47 Å². The predicted molar refractivity (Wildman–Crippen MR) is 107 cm³/mol. The second-order valence-electron chi connectivity index (χ2n) is 5.14. The van der Waals surface area contributed by atoms with Gasteiger partial charge in [-0.25, -0.2) is 0 Å². The maximum atomic E-state index is 5.56. The summed E-state index contributed by atoms with van der Waals surface area (Å²) < 4.78 is 10.9. The van der Waals surface area contributed by atoms with Crippen molar-refractivity contribution in [1.29, 1.82) is 0 Å². The van der Waals surface area contributed by atoms with Gasteiger partial charge in [-0.3, -0.25) is 0 Å². The summed E-state index contributed by atoms with van der Waals surface area (Å²) in [6.07, 6.45) is 2.89. The van der Waals surface area contributed by atoms with E-state index < -0.39 is 0 Å². The topological polar surface area (TPSA) is 33.7 Å². The van der Waals surface area contributed by atoms with Gasteiger partial charge >= 0.3 is 0 Å². The van der Waals surface area contributed by atoms with E-state index >= 15 is 0 Å². The molecule has 0 saturated carbocycles. The molecule has 0 aliphatic heterocycles. The minimum Gasteiger partial charge on any atom is -0.493 e. The third-order valence-electron chi connectivity index (χ3n) is 3.64. The molecule has 0 amide bonds. The van der Waals surface area contributed by atoms with Crippen LogP contribution in [0.4, 0.5) is 0 Å². The van der Waals surface area contributed by atoms with Crippen LogP contribution in [0.2, 0.25) is 0 Å². The lowest BCUT2D eigenvalue weighted by Gasteiger charge is -2.17. The molecule has 6 heteroatoms. The Kier molecular flexibility index (Phi) is 16.4. The van der Waals surface area contributed by atoms with Crippen LogP contribution in [-0.2, 0) is 6.54 Å². The van der Waals surface area contributed by atoms with Gasteiger partial charge in [0.05, 0.1) is 7.11 Å². The molecule has 0 spiro atoms. The number of rotatable bonds is 12. The van der Waals surface area contributed by atoms with Crippen LogP contribution in [-0.4, -0.2) is 44.8 Å². The molecule has 0 aliphatic carbocycles. The van der Waals surface area contributed by atoms with E-state index in [-0.39, 0.29) is 24.8 Å². The molecule has 1 aromatic carbocycles. The van der Waals surface area contributed by atoms with Crippen molar-refractivity contribution < 1.29 is 9.47 Å². The van der Waals surface area contributed by atoms with Crippen molar-refractivity contribution in [2.45, 2.75) is 26.8 Å². The van der Waals surface area contributed by atoms with E-state index in [1.807, 2.05) is 12.1 Å². The smallest absolute Gasteiger partial charge is 0.161 e. The van der Waals surface area contributed by atoms with Gasteiger partial charge in [0.15, 0.2) is 11.5 Å². The highest BCUT2D eigenvalue weighted by molar-refractivity contribution is 5.85. The van der Waals surface area contributed by atoms with E-state index in [2.05, 4.69) is 36.7 Å². The molecule has 0 aromatic heterocycles. The Bertz CT molecular complexity index is 441. The molecule has 0 fully saturated rings. The van der Waals surface area contributed by atoms with Gasteiger partial charge in [-0.05, 0) is 50.3 Å². The van der Waals surface area contributed by atoms with Crippen molar-refractivity contribution in [1.82, 2.24) is 10.2 Å². The fraction of sp³-hybridized carbons (Fsp3) is 0.556. The Morgan fingerprint density at radius 1 is 1.17 bits per heavy atom. The number of benzene rings is 1. The first-order valence-electron chi connectivity index (χ1n) is 8.08. The van der Waals surface area contributed by atoms with Crippen LogP contribution >= 0.6 is 24.8 Å². The first kappa shape index (κ1) is 25.3. The van der Waals surface area contributed by atoms with E-state index in [1.54, 1.807) is 13.2 Å². The third kappa shape index (κ3) is 9.38. The summed E-state index contributed by atoms with van der Waals surface area (Å²) in [6.45, 7) is 13.8. The van der Waals surface area contributed by atoms with Crippen LogP contribution < -0.4 is 14.8 Å². The lowest BCUT2D eigenvalue weighted by Crippen LogP contribution is -2.27. The number of nitrogens with zero attached hydrogens (tertiary/aromatic N) is 1. The number of halogens is 2. The Morgan fingerprint density at radius 3 is 2.46 bits per heavy atom. The van der Waals surface area contributed by atoms with Crippen molar-refractivity contribution in [2.75, 3.05) is 39.9 Å². The van der Waals surface area contributed by atoms with Crippen LogP contribution in [0.25, 0.3) is 0 Å². The number of nitrogens with one attached hydrogen (secondary N) is 1. The van der Waals surface area contributed by atoms with Gasteiger partial charge < -0.3 is 19.7 Å².